The number of amides is 2. The van der Waals surface area contributed by atoms with Gasteiger partial charge in [-0.05, 0) is 60.4 Å². The predicted octanol–water partition coefficient (Wildman–Crippen LogP) is 6.35. The van der Waals surface area contributed by atoms with Crippen LogP contribution >= 0.6 is 11.6 Å². The van der Waals surface area contributed by atoms with Crippen LogP contribution in [0.25, 0.3) is 0 Å². The van der Waals surface area contributed by atoms with Gasteiger partial charge in [0.15, 0.2) is 0 Å². The number of nitrogens with zero attached hydrogens (tertiary/aromatic N) is 2. The van der Waals surface area contributed by atoms with E-state index in [-0.39, 0.29) is 35.4 Å². The van der Waals surface area contributed by atoms with Gasteiger partial charge in [0, 0.05) is 24.5 Å². The largest absolute Gasteiger partial charge is 0.492 e. The van der Waals surface area contributed by atoms with Crippen molar-refractivity contribution in [1.82, 2.24) is 10.2 Å². The van der Waals surface area contributed by atoms with Gasteiger partial charge in [-0.25, -0.2) is 8.42 Å². The topological polar surface area (TPSA) is 96.0 Å². The Bertz CT molecular complexity index is 1680. The smallest absolute Gasteiger partial charge is 0.264 e. The second-order valence-corrected chi connectivity index (χ2v) is 13.5. The lowest BCUT2D eigenvalue weighted by Crippen LogP contribution is -2.53. The molecule has 4 rings (SSSR count). The highest BCUT2D eigenvalue weighted by molar-refractivity contribution is 7.92. The van der Waals surface area contributed by atoms with Gasteiger partial charge in [0.05, 0.1) is 17.2 Å². The van der Waals surface area contributed by atoms with E-state index in [0.29, 0.717) is 23.9 Å². The van der Waals surface area contributed by atoms with Gasteiger partial charge in [-0.3, -0.25) is 13.9 Å². The lowest BCUT2D eigenvalue weighted by atomic mass is 10.0. The summed E-state index contributed by atoms with van der Waals surface area (Å²) in [4.78, 5) is 30.0. The lowest BCUT2D eigenvalue weighted by molar-refractivity contribution is -0.140. The molecule has 4 aromatic rings. The molecule has 1 N–H and O–H groups in total. The fraction of sp³-hybridized carbons (Fsp3) is 0.278. The van der Waals surface area contributed by atoms with Crippen molar-refractivity contribution in [2.24, 2.45) is 5.92 Å². The van der Waals surface area contributed by atoms with E-state index in [2.05, 4.69) is 5.32 Å². The van der Waals surface area contributed by atoms with E-state index in [1.54, 1.807) is 73.7 Å². The van der Waals surface area contributed by atoms with Crippen molar-refractivity contribution in [2.45, 2.75) is 44.7 Å². The fourth-order valence-corrected chi connectivity index (χ4v) is 6.51. The highest BCUT2D eigenvalue weighted by atomic mass is 35.5. The lowest BCUT2D eigenvalue weighted by Gasteiger charge is -2.34. The van der Waals surface area contributed by atoms with Crippen LogP contribution in [-0.4, -0.2) is 50.9 Å². The molecule has 10 heteroatoms. The maximum absolute atomic E-state index is 14.6. The molecule has 0 bridgehead atoms. The summed E-state index contributed by atoms with van der Waals surface area (Å²) in [6, 6.07) is 30.2. The molecule has 0 aliphatic rings. The minimum Gasteiger partial charge on any atom is -0.492 e. The van der Waals surface area contributed by atoms with Crippen molar-refractivity contribution in [3.05, 3.63) is 125 Å². The van der Waals surface area contributed by atoms with E-state index >= 15 is 0 Å². The number of nitrogens with one attached hydrogen (secondary N) is 1. The number of para-hydroxylation sites is 2. The molecular formula is C36H40ClN3O5S. The maximum Gasteiger partial charge on any atom is 0.264 e. The number of carbonyl (C=O) groups is 2. The first-order valence-corrected chi connectivity index (χ1v) is 17.1. The number of halogens is 1. The third-order valence-electron chi connectivity index (χ3n) is 7.27. The zero-order valence-electron chi connectivity index (χ0n) is 26.3. The van der Waals surface area contributed by atoms with Crippen LogP contribution in [0, 0.1) is 5.92 Å². The average Bonchev–Trinajstić information content (AvgIpc) is 3.06. The molecule has 0 radical (unpaired) electrons. The number of hydrogen-bond donors (Lipinski definition) is 1. The Kier molecular flexibility index (Phi) is 12.2. The minimum atomic E-state index is -4.24. The molecule has 0 fully saturated rings. The van der Waals surface area contributed by atoms with E-state index in [0.717, 1.165) is 15.4 Å². The van der Waals surface area contributed by atoms with Gasteiger partial charge in [0.2, 0.25) is 11.8 Å². The van der Waals surface area contributed by atoms with Gasteiger partial charge in [0.25, 0.3) is 10.0 Å². The molecule has 4 aromatic carbocycles. The van der Waals surface area contributed by atoms with E-state index < -0.39 is 28.5 Å². The molecule has 0 heterocycles. The van der Waals surface area contributed by atoms with Gasteiger partial charge >= 0.3 is 0 Å². The van der Waals surface area contributed by atoms with Gasteiger partial charge < -0.3 is 15.0 Å². The molecule has 0 saturated heterocycles. The number of sulfonamides is 1. The molecule has 8 nitrogen and oxygen atoms in total. The van der Waals surface area contributed by atoms with E-state index in [4.69, 9.17) is 16.3 Å². The molecule has 1 unspecified atom stereocenters. The summed E-state index contributed by atoms with van der Waals surface area (Å²) in [5.74, 6) is -0.381. The van der Waals surface area contributed by atoms with E-state index in [1.165, 1.54) is 17.0 Å². The van der Waals surface area contributed by atoms with Crippen LogP contribution in [0.3, 0.4) is 0 Å². The van der Waals surface area contributed by atoms with Crippen LogP contribution in [0.1, 0.15) is 31.9 Å². The Hall–Kier alpha value is -4.34. The summed E-state index contributed by atoms with van der Waals surface area (Å²) in [5.41, 5.74) is 1.81. The molecule has 46 heavy (non-hydrogen) atoms. The SMILES string of the molecule is CCOc1ccccc1N(CC(=O)N(Cc1ccc(Cl)cc1)C(Cc1ccccc1)C(=O)NCC(C)C)S(=O)(=O)c1ccccc1. The average molecular weight is 662 g/mol. The maximum atomic E-state index is 14.6. The van der Waals surface area contributed by atoms with Crippen LogP contribution in [-0.2, 0) is 32.6 Å². The summed E-state index contributed by atoms with van der Waals surface area (Å²) in [7, 11) is -4.24. The first-order chi connectivity index (χ1) is 22.1. The summed E-state index contributed by atoms with van der Waals surface area (Å²) in [6.07, 6.45) is 0.227. The third kappa shape index (κ3) is 9.11. The number of ether oxygens (including phenoxy) is 1. The van der Waals surface area contributed by atoms with E-state index in [1.807, 2.05) is 44.2 Å². The van der Waals surface area contributed by atoms with Crippen LogP contribution in [0.2, 0.25) is 5.02 Å². The second kappa shape index (κ2) is 16.3. The second-order valence-electron chi connectivity index (χ2n) is 11.2. The molecule has 0 saturated carbocycles. The van der Waals surface area contributed by atoms with E-state index in [9.17, 15) is 18.0 Å². The monoisotopic (exact) mass is 661 g/mol. The fourth-order valence-electron chi connectivity index (χ4n) is 4.94. The summed E-state index contributed by atoms with van der Waals surface area (Å²) in [6.45, 7) is 5.98. The Morgan fingerprint density at radius 3 is 2.07 bits per heavy atom. The van der Waals surface area contributed by atoms with Crippen LogP contribution < -0.4 is 14.4 Å². The molecule has 0 spiro atoms. The zero-order chi connectivity index (χ0) is 33.1. The van der Waals surface area contributed by atoms with Gasteiger partial charge in [-0.2, -0.15) is 0 Å². The van der Waals surface area contributed by atoms with Gasteiger partial charge in [-0.15, -0.1) is 0 Å². The molecular weight excluding hydrogens is 622 g/mol. The number of hydrogen-bond acceptors (Lipinski definition) is 5. The number of carbonyl (C=O) groups excluding carboxylic acids is 2. The Labute approximate surface area is 277 Å². The highest BCUT2D eigenvalue weighted by Gasteiger charge is 2.35. The minimum absolute atomic E-state index is 0.0221. The van der Waals surface area contributed by atoms with Crippen molar-refractivity contribution in [3.63, 3.8) is 0 Å². The quantitative estimate of drug-likeness (QED) is 0.160. The summed E-state index contributed by atoms with van der Waals surface area (Å²) >= 11 is 6.16. The van der Waals surface area contributed by atoms with Crippen molar-refractivity contribution in [2.75, 3.05) is 24.0 Å². The van der Waals surface area contributed by atoms with Crippen molar-refractivity contribution in [3.8, 4) is 5.75 Å². The van der Waals surface area contributed by atoms with Crippen LogP contribution in [0.5, 0.6) is 5.75 Å². The summed E-state index contributed by atoms with van der Waals surface area (Å²) in [5, 5.41) is 3.53. The summed E-state index contributed by atoms with van der Waals surface area (Å²) < 4.78 is 35.3. The molecule has 0 aliphatic heterocycles. The van der Waals surface area contributed by atoms with Crippen molar-refractivity contribution < 1.29 is 22.7 Å². The first kappa shape index (κ1) is 34.5. The number of rotatable bonds is 15. The third-order valence-corrected chi connectivity index (χ3v) is 9.29. The predicted molar refractivity (Wildman–Crippen MR) is 182 cm³/mol. The Balaban J connectivity index is 1.82. The molecule has 242 valence electrons. The zero-order valence-corrected chi connectivity index (χ0v) is 27.9. The van der Waals surface area contributed by atoms with Crippen molar-refractivity contribution in [1.29, 1.82) is 0 Å². The van der Waals surface area contributed by atoms with Crippen LogP contribution in [0.15, 0.2) is 114 Å². The molecule has 2 amide bonds. The Morgan fingerprint density at radius 1 is 0.826 bits per heavy atom. The standard InChI is InChI=1S/C36H40ClN3O5S/c1-4-45-34-18-12-11-17-32(34)40(46(43,44)31-15-9-6-10-16-31)26-35(41)39(25-29-19-21-30(37)22-20-29)33(36(42)38-24-27(2)3)23-28-13-7-5-8-14-28/h5-22,27,33H,4,23-26H2,1-3H3,(H,38,42). The van der Waals surface area contributed by atoms with Crippen molar-refractivity contribution >= 4 is 39.1 Å². The molecule has 0 aromatic heterocycles. The van der Waals surface area contributed by atoms with Gasteiger partial charge in [-0.1, -0.05) is 98.2 Å². The Morgan fingerprint density at radius 2 is 1.43 bits per heavy atom. The number of anilines is 1. The normalized spacial score (nSPS) is 11.9. The highest BCUT2D eigenvalue weighted by Crippen LogP contribution is 2.33. The first-order valence-electron chi connectivity index (χ1n) is 15.2. The molecule has 1 atom stereocenters. The number of benzene rings is 4. The molecule has 0 aliphatic carbocycles. The van der Waals surface area contributed by atoms with Gasteiger partial charge in [0.1, 0.15) is 18.3 Å². The van der Waals surface area contributed by atoms with Crippen LogP contribution in [0.4, 0.5) is 5.69 Å².